The molecule has 0 unspecified atom stereocenters. The lowest BCUT2D eigenvalue weighted by atomic mass is 9.92. The normalized spacial score (nSPS) is 16.6. The first-order valence-corrected chi connectivity index (χ1v) is 7.09. The van der Waals surface area contributed by atoms with E-state index in [0.717, 1.165) is 12.8 Å². The van der Waals surface area contributed by atoms with Crippen molar-refractivity contribution in [3.8, 4) is 11.1 Å². The van der Waals surface area contributed by atoms with Gasteiger partial charge in [-0.2, -0.15) is 0 Å². The second-order valence-electron chi connectivity index (χ2n) is 5.98. The van der Waals surface area contributed by atoms with E-state index in [1.54, 1.807) is 0 Å². The molecule has 1 fully saturated rings. The van der Waals surface area contributed by atoms with Crippen molar-refractivity contribution < 1.29 is 0 Å². The van der Waals surface area contributed by atoms with Crippen LogP contribution in [0.3, 0.4) is 0 Å². The van der Waals surface area contributed by atoms with E-state index < -0.39 is 0 Å². The predicted molar refractivity (Wildman–Crippen MR) is 81.1 cm³/mol. The summed E-state index contributed by atoms with van der Waals surface area (Å²) in [5.74, 6) is 0.577. The van der Waals surface area contributed by atoms with Crippen molar-refractivity contribution in [2.75, 3.05) is 0 Å². The Morgan fingerprint density at radius 2 is 1.58 bits per heavy atom. The maximum atomic E-state index is 6.38. The molecule has 3 rings (SSSR count). The lowest BCUT2D eigenvalue weighted by molar-refractivity contribution is 0.742. The highest BCUT2D eigenvalue weighted by molar-refractivity contribution is 5.69. The quantitative estimate of drug-likeness (QED) is 0.858. The first kappa shape index (κ1) is 12.4. The Balaban J connectivity index is 2.02. The summed E-state index contributed by atoms with van der Waals surface area (Å²) < 4.78 is 0. The van der Waals surface area contributed by atoms with Crippen LogP contribution in [0, 0.1) is 0 Å². The Labute approximate surface area is 115 Å². The van der Waals surface area contributed by atoms with E-state index in [2.05, 4.69) is 62.4 Å². The molecule has 0 aliphatic heterocycles. The number of hydrogen-bond acceptors (Lipinski definition) is 1. The van der Waals surface area contributed by atoms with E-state index >= 15 is 0 Å². The van der Waals surface area contributed by atoms with Gasteiger partial charge in [-0.05, 0) is 41.0 Å². The van der Waals surface area contributed by atoms with Gasteiger partial charge in [-0.3, -0.25) is 0 Å². The van der Waals surface area contributed by atoms with Gasteiger partial charge in [-0.1, -0.05) is 62.4 Å². The Morgan fingerprint density at radius 1 is 0.947 bits per heavy atom. The summed E-state index contributed by atoms with van der Waals surface area (Å²) in [6.45, 7) is 4.45. The molecule has 2 aromatic rings. The first-order chi connectivity index (χ1) is 9.10. The van der Waals surface area contributed by atoms with Crippen molar-refractivity contribution in [1.29, 1.82) is 0 Å². The van der Waals surface area contributed by atoms with Gasteiger partial charge in [0.2, 0.25) is 0 Å². The Kier molecular flexibility index (Phi) is 2.94. The van der Waals surface area contributed by atoms with E-state index in [1.165, 1.54) is 22.3 Å². The fourth-order valence-corrected chi connectivity index (χ4v) is 2.62. The van der Waals surface area contributed by atoms with Crippen LogP contribution in [-0.2, 0) is 5.54 Å². The molecule has 0 saturated heterocycles. The maximum absolute atomic E-state index is 6.38. The van der Waals surface area contributed by atoms with Crippen LogP contribution in [0.5, 0.6) is 0 Å². The molecule has 19 heavy (non-hydrogen) atoms. The summed E-state index contributed by atoms with van der Waals surface area (Å²) in [4.78, 5) is 0. The summed E-state index contributed by atoms with van der Waals surface area (Å²) in [7, 11) is 0. The van der Waals surface area contributed by atoms with Crippen LogP contribution < -0.4 is 5.73 Å². The summed E-state index contributed by atoms with van der Waals surface area (Å²) in [6, 6.07) is 17.5. The van der Waals surface area contributed by atoms with E-state index in [-0.39, 0.29) is 5.54 Å². The van der Waals surface area contributed by atoms with Crippen LogP contribution in [0.25, 0.3) is 11.1 Å². The molecular formula is C18H21N. The Bertz CT molecular complexity index is 577. The van der Waals surface area contributed by atoms with Crippen LogP contribution in [0.1, 0.15) is 43.7 Å². The zero-order valence-electron chi connectivity index (χ0n) is 11.7. The SMILES string of the molecule is CC(C)c1ccc(-c2ccccc2C2(N)CC2)cc1. The molecule has 0 amide bonds. The van der Waals surface area contributed by atoms with Crippen LogP contribution in [0.4, 0.5) is 0 Å². The van der Waals surface area contributed by atoms with Crippen LogP contribution in [0.15, 0.2) is 48.5 Å². The summed E-state index contributed by atoms with van der Waals surface area (Å²) in [5, 5.41) is 0. The third-order valence-corrected chi connectivity index (χ3v) is 4.14. The molecule has 0 bridgehead atoms. The van der Waals surface area contributed by atoms with Crippen molar-refractivity contribution >= 4 is 0 Å². The second-order valence-corrected chi connectivity index (χ2v) is 5.98. The molecule has 0 radical (unpaired) electrons. The lowest BCUT2D eigenvalue weighted by Crippen LogP contribution is -2.19. The Hall–Kier alpha value is -1.60. The number of hydrogen-bond donors (Lipinski definition) is 1. The first-order valence-electron chi connectivity index (χ1n) is 7.09. The number of nitrogens with two attached hydrogens (primary N) is 1. The van der Waals surface area contributed by atoms with Gasteiger partial charge in [0.1, 0.15) is 0 Å². The van der Waals surface area contributed by atoms with E-state index in [9.17, 15) is 0 Å². The molecule has 2 N–H and O–H groups in total. The Morgan fingerprint density at radius 3 is 2.16 bits per heavy atom. The minimum absolute atomic E-state index is 0.0761. The van der Waals surface area contributed by atoms with Gasteiger partial charge < -0.3 is 5.73 Å². The third-order valence-electron chi connectivity index (χ3n) is 4.14. The van der Waals surface area contributed by atoms with Crippen LogP contribution >= 0.6 is 0 Å². The van der Waals surface area contributed by atoms with Gasteiger partial charge in [0.25, 0.3) is 0 Å². The molecule has 0 heterocycles. The van der Waals surface area contributed by atoms with Gasteiger partial charge in [-0.25, -0.2) is 0 Å². The van der Waals surface area contributed by atoms with Crippen LogP contribution in [-0.4, -0.2) is 0 Å². The van der Waals surface area contributed by atoms with Gasteiger partial charge in [0.15, 0.2) is 0 Å². The molecule has 1 nitrogen and oxygen atoms in total. The van der Waals surface area contributed by atoms with Gasteiger partial charge >= 0.3 is 0 Å². The van der Waals surface area contributed by atoms with Gasteiger partial charge in [-0.15, -0.1) is 0 Å². The average Bonchev–Trinajstić information content (AvgIpc) is 3.18. The molecule has 1 aliphatic carbocycles. The van der Waals surface area contributed by atoms with Crippen molar-refractivity contribution in [2.24, 2.45) is 5.73 Å². The smallest absolute Gasteiger partial charge is 0.0417 e. The monoisotopic (exact) mass is 251 g/mol. The standard InChI is InChI=1S/C18H21N/c1-13(2)14-7-9-15(10-8-14)16-5-3-4-6-17(16)18(19)11-12-18/h3-10,13H,11-12,19H2,1-2H3. The zero-order chi connectivity index (χ0) is 13.5. The van der Waals surface area contributed by atoms with Gasteiger partial charge in [0.05, 0.1) is 0 Å². The van der Waals surface area contributed by atoms with Crippen LogP contribution in [0.2, 0.25) is 0 Å². The molecule has 98 valence electrons. The van der Waals surface area contributed by atoms with E-state index in [4.69, 9.17) is 5.73 Å². The third kappa shape index (κ3) is 2.31. The highest BCUT2D eigenvalue weighted by atomic mass is 14.8. The highest BCUT2D eigenvalue weighted by Crippen LogP contribution is 2.46. The fourth-order valence-electron chi connectivity index (χ4n) is 2.62. The predicted octanol–water partition coefficient (Wildman–Crippen LogP) is 4.42. The maximum Gasteiger partial charge on any atom is 0.0417 e. The number of rotatable bonds is 3. The summed E-state index contributed by atoms with van der Waals surface area (Å²) in [5.41, 5.74) is 11.6. The molecule has 0 spiro atoms. The average molecular weight is 251 g/mol. The molecule has 1 saturated carbocycles. The minimum Gasteiger partial charge on any atom is -0.321 e. The van der Waals surface area contributed by atoms with Gasteiger partial charge in [0, 0.05) is 5.54 Å². The molecule has 1 heteroatoms. The minimum atomic E-state index is -0.0761. The summed E-state index contributed by atoms with van der Waals surface area (Å²) in [6.07, 6.45) is 2.21. The van der Waals surface area contributed by atoms with Crippen molar-refractivity contribution in [1.82, 2.24) is 0 Å². The largest absolute Gasteiger partial charge is 0.321 e. The zero-order valence-corrected chi connectivity index (χ0v) is 11.7. The second kappa shape index (κ2) is 4.50. The highest BCUT2D eigenvalue weighted by Gasteiger charge is 2.41. The van der Waals surface area contributed by atoms with Crippen molar-refractivity contribution in [2.45, 2.75) is 38.1 Å². The number of benzene rings is 2. The van der Waals surface area contributed by atoms with E-state index in [0.29, 0.717) is 5.92 Å². The molecule has 2 aromatic carbocycles. The molecular weight excluding hydrogens is 230 g/mol. The lowest BCUT2D eigenvalue weighted by Gasteiger charge is -2.16. The molecule has 0 aromatic heterocycles. The van der Waals surface area contributed by atoms with E-state index in [1.807, 2.05) is 0 Å². The topological polar surface area (TPSA) is 26.0 Å². The van der Waals surface area contributed by atoms with Crippen molar-refractivity contribution in [3.05, 3.63) is 59.7 Å². The van der Waals surface area contributed by atoms with Crippen molar-refractivity contribution in [3.63, 3.8) is 0 Å². The molecule has 0 atom stereocenters. The molecule has 1 aliphatic rings. The fraction of sp³-hybridized carbons (Fsp3) is 0.333. The summed E-state index contributed by atoms with van der Waals surface area (Å²) >= 11 is 0.